The molecule has 0 aliphatic carbocycles. The Morgan fingerprint density at radius 3 is 2.13 bits per heavy atom. The summed E-state index contributed by atoms with van der Waals surface area (Å²) in [5.74, 6) is 0. The molecule has 0 heterocycles. The lowest BCUT2D eigenvalue weighted by molar-refractivity contribution is 0.483. The second kappa shape index (κ2) is 3.80. The second-order valence-corrected chi connectivity index (χ2v) is 5.81. The molecule has 6 nitrogen and oxygen atoms in total. The van der Waals surface area contributed by atoms with E-state index in [0.717, 1.165) is 12.3 Å². The summed E-state index contributed by atoms with van der Waals surface area (Å²) in [5, 5.41) is 0. The van der Waals surface area contributed by atoms with Crippen LogP contribution in [-0.2, 0) is 20.1 Å². The minimum Gasteiger partial charge on any atom is -0.282 e. The lowest BCUT2D eigenvalue weighted by Crippen LogP contribution is -2.11. The van der Waals surface area contributed by atoms with E-state index in [1.807, 2.05) is 0 Å². The smallest absolute Gasteiger partial charge is 0.282 e. The largest absolute Gasteiger partial charge is 0.296 e. The standard InChI is InChI=1S/C7H8NO5S2/c1-14(9,10)8-6-4-2-3-5-7(6)15(11,12)13/h2-5H,1H3,(H,11,12,13). The minimum absolute atomic E-state index is 0.303. The molecule has 0 atom stereocenters. The minimum atomic E-state index is -4.46. The summed E-state index contributed by atoms with van der Waals surface area (Å²) in [7, 11) is -8.17. The van der Waals surface area contributed by atoms with Gasteiger partial charge in [-0.15, -0.1) is 0 Å². The van der Waals surface area contributed by atoms with E-state index in [0.29, 0.717) is 0 Å². The molecular weight excluding hydrogens is 242 g/mol. The highest BCUT2D eigenvalue weighted by Gasteiger charge is 2.18. The molecule has 1 aromatic rings. The first kappa shape index (κ1) is 12.0. The topological polar surface area (TPSA) is 103 Å². The van der Waals surface area contributed by atoms with Crippen molar-refractivity contribution in [2.45, 2.75) is 4.90 Å². The van der Waals surface area contributed by atoms with Crippen LogP contribution in [-0.4, -0.2) is 27.6 Å². The molecule has 0 fully saturated rings. The molecule has 1 rings (SSSR count). The van der Waals surface area contributed by atoms with Gasteiger partial charge in [0.15, 0.2) is 0 Å². The third kappa shape index (κ3) is 3.50. The monoisotopic (exact) mass is 250 g/mol. The van der Waals surface area contributed by atoms with Gasteiger partial charge in [0.05, 0.1) is 11.9 Å². The summed E-state index contributed by atoms with van der Waals surface area (Å²) in [6.45, 7) is 0. The average Bonchev–Trinajstić information content (AvgIpc) is 1.99. The highest BCUT2D eigenvalue weighted by molar-refractivity contribution is 7.89. The SMILES string of the molecule is CS(=O)(=O)[N]c1ccccc1S(=O)(=O)O. The van der Waals surface area contributed by atoms with Crippen LogP contribution in [0.3, 0.4) is 0 Å². The fourth-order valence-corrected chi connectivity index (χ4v) is 2.13. The van der Waals surface area contributed by atoms with E-state index in [1.165, 1.54) is 18.2 Å². The summed E-state index contributed by atoms with van der Waals surface area (Å²) >= 11 is 0. The zero-order valence-corrected chi connectivity index (χ0v) is 9.29. The maximum atomic E-state index is 10.8. The maximum Gasteiger partial charge on any atom is 0.296 e. The summed E-state index contributed by atoms with van der Waals surface area (Å²) in [6, 6.07) is 5.02. The van der Waals surface area contributed by atoms with Gasteiger partial charge in [-0.2, -0.15) is 13.1 Å². The summed E-state index contributed by atoms with van der Waals surface area (Å²) in [6.07, 6.45) is 0.827. The first-order valence-corrected chi connectivity index (χ1v) is 6.98. The van der Waals surface area contributed by atoms with Gasteiger partial charge in [0.1, 0.15) is 4.90 Å². The van der Waals surface area contributed by atoms with Gasteiger partial charge >= 0.3 is 0 Å². The highest BCUT2D eigenvalue weighted by atomic mass is 32.2. The fraction of sp³-hybridized carbons (Fsp3) is 0.143. The van der Waals surface area contributed by atoms with Gasteiger partial charge in [-0.05, 0) is 12.1 Å². The first-order valence-electron chi connectivity index (χ1n) is 3.70. The molecule has 0 spiro atoms. The molecule has 0 saturated carbocycles. The van der Waals surface area contributed by atoms with Gasteiger partial charge in [-0.3, -0.25) is 4.55 Å². The van der Waals surface area contributed by atoms with Gasteiger partial charge in [-0.25, -0.2) is 8.42 Å². The number of nitrogens with zero attached hydrogens (tertiary/aromatic N) is 1. The van der Waals surface area contributed by atoms with Crippen molar-refractivity contribution in [1.82, 2.24) is 4.72 Å². The zero-order chi connectivity index (χ0) is 11.7. The van der Waals surface area contributed by atoms with E-state index in [9.17, 15) is 16.8 Å². The van der Waals surface area contributed by atoms with E-state index in [2.05, 4.69) is 4.72 Å². The molecule has 8 heteroatoms. The van der Waals surface area contributed by atoms with E-state index in [-0.39, 0.29) is 5.69 Å². The van der Waals surface area contributed by atoms with Crippen LogP contribution < -0.4 is 4.72 Å². The molecule has 1 aromatic carbocycles. The van der Waals surface area contributed by atoms with Crippen LogP contribution in [0.25, 0.3) is 0 Å². The molecule has 0 aliphatic rings. The Morgan fingerprint density at radius 2 is 1.67 bits per heavy atom. The van der Waals surface area contributed by atoms with Crippen LogP contribution in [0.1, 0.15) is 0 Å². The van der Waals surface area contributed by atoms with E-state index in [4.69, 9.17) is 4.55 Å². The molecule has 1 N–H and O–H groups in total. The van der Waals surface area contributed by atoms with Crippen LogP contribution in [0.2, 0.25) is 0 Å². The van der Waals surface area contributed by atoms with Crippen LogP contribution in [0.5, 0.6) is 0 Å². The van der Waals surface area contributed by atoms with Gasteiger partial charge in [0.25, 0.3) is 20.1 Å². The Hall–Kier alpha value is -1.12. The van der Waals surface area contributed by atoms with Crippen molar-refractivity contribution in [2.24, 2.45) is 0 Å². The number of sulfonamides is 1. The summed E-state index contributed by atoms with van der Waals surface area (Å²) < 4.78 is 55.3. The van der Waals surface area contributed by atoms with E-state index >= 15 is 0 Å². The van der Waals surface area contributed by atoms with Crippen molar-refractivity contribution in [1.29, 1.82) is 0 Å². The lowest BCUT2D eigenvalue weighted by Gasteiger charge is -2.04. The molecule has 0 unspecified atom stereocenters. The average molecular weight is 250 g/mol. The molecule has 0 saturated heterocycles. The van der Waals surface area contributed by atoms with Crippen molar-refractivity contribution in [3.05, 3.63) is 24.3 Å². The van der Waals surface area contributed by atoms with Crippen molar-refractivity contribution < 1.29 is 21.4 Å². The van der Waals surface area contributed by atoms with E-state index < -0.39 is 25.0 Å². The van der Waals surface area contributed by atoms with Gasteiger partial charge in [0, 0.05) is 0 Å². The fourth-order valence-electron chi connectivity index (χ4n) is 0.929. The van der Waals surface area contributed by atoms with Gasteiger partial charge in [-0.1, -0.05) is 12.1 Å². The van der Waals surface area contributed by atoms with E-state index in [1.54, 1.807) is 0 Å². The number of hydrogen-bond acceptors (Lipinski definition) is 4. The van der Waals surface area contributed by atoms with Crippen molar-refractivity contribution in [2.75, 3.05) is 6.26 Å². The summed E-state index contributed by atoms with van der Waals surface area (Å²) in [5.41, 5.74) is -0.303. The van der Waals surface area contributed by atoms with Crippen molar-refractivity contribution in [3.8, 4) is 0 Å². The van der Waals surface area contributed by atoms with Crippen LogP contribution in [0, 0.1) is 0 Å². The summed E-state index contributed by atoms with van der Waals surface area (Å²) in [4.78, 5) is -0.532. The third-order valence-electron chi connectivity index (χ3n) is 1.41. The number of rotatable bonds is 3. The number of hydrogen-bond donors (Lipinski definition) is 1. The van der Waals surface area contributed by atoms with Crippen molar-refractivity contribution >= 4 is 25.8 Å². The molecule has 15 heavy (non-hydrogen) atoms. The van der Waals surface area contributed by atoms with Crippen LogP contribution in [0.15, 0.2) is 29.2 Å². The quantitative estimate of drug-likeness (QED) is 0.768. The first-order chi connectivity index (χ1) is 6.70. The van der Waals surface area contributed by atoms with Crippen molar-refractivity contribution in [3.63, 3.8) is 0 Å². The molecule has 0 bridgehead atoms. The highest BCUT2D eigenvalue weighted by Crippen LogP contribution is 2.21. The molecular formula is C7H8NO5S2. The molecule has 83 valence electrons. The predicted octanol–water partition coefficient (Wildman–Crippen LogP) is 0.129. The van der Waals surface area contributed by atoms with Crippen LogP contribution in [0.4, 0.5) is 5.69 Å². The molecule has 1 radical (unpaired) electrons. The van der Waals surface area contributed by atoms with Gasteiger partial charge in [0.2, 0.25) is 0 Å². The third-order valence-corrected chi connectivity index (χ3v) is 2.84. The molecule has 0 amide bonds. The Kier molecular flexibility index (Phi) is 3.03. The second-order valence-electron chi connectivity index (χ2n) is 2.77. The Morgan fingerprint density at radius 1 is 1.13 bits per heavy atom. The Balaban J connectivity index is 3.32. The number of benzene rings is 1. The maximum absolute atomic E-state index is 10.8. The zero-order valence-electron chi connectivity index (χ0n) is 7.65. The van der Waals surface area contributed by atoms with Crippen LogP contribution >= 0.6 is 0 Å². The Labute approximate surface area is 87.7 Å². The predicted molar refractivity (Wildman–Crippen MR) is 52.9 cm³/mol. The van der Waals surface area contributed by atoms with Gasteiger partial charge < -0.3 is 0 Å². The normalized spacial score (nSPS) is 12.4. The Bertz CT molecular complexity index is 561. The lowest BCUT2D eigenvalue weighted by atomic mass is 10.3. The molecule has 0 aliphatic heterocycles. The molecule has 0 aromatic heterocycles.